The highest BCUT2D eigenvalue weighted by molar-refractivity contribution is 5.89. The zero-order valence-corrected chi connectivity index (χ0v) is 16.6. The van der Waals surface area contributed by atoms with Gasteiger partial charge in [0.2, 0.25) is 0 Å². The summed E-state index contributed by atoms with van der Waals surface area (Å²) >= 11 is 0. The van der Waals surface area contributed by atoms with Gasteiger partial charge in [0.25, 0.3) is 0 Å². The molecule has 1 fully saturated rings. The smallest absolute Gasteiger partial charge is 0.338 e. The SMILES string of the molecule is CCOC(=O)c1ccc(CN2C[C@@H](C)N(Cc3ccccc3)[C@@H](C)C2)cc1. The highest BCUT2D eigenvalue weighted by atomic mass is 16.5. The van der Waals surface area contributed by atoms with Crippen molar-refractivity contribution in [1.82, 2.24) is 9.80 Å². The molecule has 144 valence electrons. The van der Waals surface area contributed by atoms with Crippen LogP contribution < -0.4 is 0 Å². The van der Waals surface area contributed by atoms with Gasteiger partial charge < -0.3 is 4.74 Å². The number of ether oxygens (including phenoxy) is 1. The molecule has 2 aromatic carbocycles. The molecule has 0 N–H and O–H groups in total. The van der Waals surface area contributed by atoms with Gasteiger partial charge >= 0.3 is 5.97 Å². The van der Waals surface area contributed by atoms with Gasteiger partial charge in [-0.3, -0.25) is 9.80 Å². The standard InChI is InChI=1S/C23H30N2O2/c1-4-27-23(26)22-12-10-21(11-13-22)16-24-14-18(2)25(19(3)15-24)17-20-8-6-5-7-9-20/h5-13,18-19H,4,14-17H2,1-3H3/t18-,19+. The number of carbonyl (C=O) groups excluding carboxylic acids is 1. The molecule has 0 spiro atoms. The molecule has 1 aliphatic heterocycles. The minimum atomic E-state index is -0.249. The van der Waals surface area contributed by atoms with E-state index in [2.05, 4.69) is 54.0 Å². The summed E-state index contributed by atoms with van der Waals surface area (Å²) in [5.41, 5.74) is 3.23. The van der Waals surface area contributed by atoms with Gasteiger partial charge in [-0.2, -0.15) is 0 Å². The molecule has 1 aliphatic rings. The van der Waals surface area contributed by atoms with E-state index in [0.29, 0.717) is 24.3 Å². The Hall–Kier alpha value is -2.17. The van der Waals surface area contributed by atoms with Crippen molar-refractivity contribution < 1.29 is 9.53 Å². The van der Waals surface area contributed by atoms with Crippen molar-refractivity contribution in [3.05, 3.63) is 71.3 Å². The predicted molar refractivity (Wildman–Crippen MR) is 109 cm³/mol. The minimum absolute atomic E-state index is 0.249. The first-order chi connectivity index (χ1) is 13.1. The van der Waals surface area contributed by atoms with Crippen molar-refractivity contribution in [2.45, 2.75) is 45.9 Å². The van der Waals surface area contributed by atoms with Crippen LogP contribution in [0.15, 0.2) is 54.6 Å². The van der Waals surface area contributed by atoms with Crippen LogP contribution in [0, 0.1) is 0 Å². The molecule has 2 aromatic rings. The fourth-order valence-electron chi connectivity index (χ4n) is 3.92. The summed E-state index contributed by atoms with van der Waals surface area (Å²) in [6, 6.07) is 19.5. The number of hydrogen-bond acceptors (Lipinski definition) is 4. The van der Waals surface area contributed by atoms with Crippen LogP contribution in [0.25, 0.3) is 0 Å². The Labute approximate surface area is 162 Å². The zero-order valence-electron chi connectivity index (χ0n) is 16.6. The monoisotopic (exact) mass is 366 g/mol. The molecule has 0 saturated carbocycles. The molecule has 0 unspecified atom stereocenters. The third-order valence-corrected chi connectivity index (χ3v) is 5.26. The van der Waals surface area contributed by atoms with Gasteiger partial charge in [0.1, 0.15) is 0 Å². The molecule has 0 radical (unpaired) electrons. The zero-order chi connectivity index (χ0) is 19.2. The lowest BCUT2D eigenvalue weighted by Gasteiger charge is -2.44. The Morgan fingerprint density at radius 1 is 0.926 bits per heavy atom. The lowest BCUT2D eigenvalue weighted by atomic mass is 10.0. The summed E-state index contributed by atoms with van der Waals surface area (Å²) in [7, 11) is 0. The van der Waals surface area contributed by atoms with Gasteiger partial charge in [-0.05, 0) is 44.0 Å². The van der Waals surface area contributed by atoms with Gasteiger partial charge in [0, 0.05) is 38.3 Å². The fourth-order valence-corrected chi connectivity index (χ4v) is 3.92. The van der Waals surface area contributed by atoms with E-state index in [1.54, 1.807) is 0 Å². The van der Waals surface area contributed by atoms with E-state index in [1.807, 2.05) is 31.2 Å². The van der Waals surface area contributed by atoms with Crippen LogP contribution in [0.4, 0.5) is 0 Å². The highest BCUT2D eigenvalue weighted by Gasteiger charge is 2.29. The summed E-state index contributed by atoms with van der Waals surface area (Å²) in [5, 5.41) is 0. The van der Waals surface area contributed by atoms with E-state index in [9.17, 15) is 4.79 Å². The van der Waals surface area contributed by atoms with Crippen LogP contribution in [0.5, 0.6) is 0 Å². The van der Waals surface area contributed by atoms with Crippen LogP contribution in [0.2, 0.25) is 0 Å². The molecule has 1 saturated heterocycles. The first-order valence-electron chi connectivity index (χ1n) is 9.85. The van der Waals surface area contributed by atoms with Gasteiger partial charge in [-0.25, -0.2) is 4.79 Å². The molecule has 0 aliphatic carbocycles. The average Bonchev–Trinajstić information content (AvgIpc) is 2.66. The number of benzene rings is 2. The quantitative estimate of drug-likeness (QED) is 0.725. The Morgan fingerprint density at radius 3 is 2.11 bits per heavy atom. The van der Waals surface area contributed by atoms with E-state index in [0.717, 1.165) is 26.2 Å². The summed E-state index contributed by atoms with van der Waals surface area (Å²) in [5.74, 6) is -0.249. The topological polar surface area (TPSA) is 32.8 Å². The lowest BCUT2D eigenvalue weighted by molar-refractivity contribution is 0.0290. The molecule has 4 heteroatoms. The number of rotatable bonds is 6. The van der Waals surface area contributed by atoms with Crippen molar-refractivity contribution in [3.63, 3.8) is 0 Å². The van der Waals surface area contributed by atoms with Crippen LogP contribution in [0.3, 0.4) is 0 Å². The number of esters is 1. The summed E-state index contributed by atoms with van der Waals surface area (Å²) in [6.07, 6.45) is 0. The van der Waals surface area contributed by atoms with Crippen molar-refractivity contribution >= 4 is 5.97 Å². The van der Waals surface area contributed by atoms with Crippen LogP contribution >= 0.6 is 0 Å². The summed E-state index contributed by atoms with van der Waals surface area (Å²) < 4.78 is 5.05. The second-order valence-corrected chi connectivity index (χ2v) is 7.47. The van der Waals surface area contributed by atoms with E-state index >= 15 is 0 Å². The van der Waals surface area contributed by atoms with Gasteiger partial charge in [-0.15, -0.1) is 0 Å². The van der Waals surface area contributed by atoms with E-state index in [1.165, 1.54) is 11.1 Å². The molecule has 27 heavy (non-hydrogen) atoms. The highest BCUT2D eigenvalue weighted by Crippen LogP contribution is 2.21. The molecular weight excluding hydrogens is 336 g/mol. The Balaban J connectivity index is 1.57. The number of nitrogens with zero attached hydrogens (tertiary/aromatic N) is 2. The Bertz CT molecular complexity index is 718. The van der Waals surface area contributed by atoms with Gasteiger partial charge in [0.05, 0.1) is 12.2 Å². The van der Waals surface area contributed by atoms with Crippen LogP contribution in [0.1, 0.15) is 42.3 Å². The summed E-state index contributed by atoms with van der Waals surface area (Å²) in [6.45, 7) is 10.9. The average molecular weight is 367 g/mol. The van der Waals surface area contributed by atoms with Crippen molar-refractivity contribution in [2.75, 3.05) is 19.7 Å². The molecular formula is C23H30N2O2. The van der Waals surface area contributed by atoms with Gasteiger partial charge in [0.15, 0.2) is 0 Å². The van der Waals surface area contributed by atoms with Crippen molar-refractivity contribution in [2.24, 2.45) is 0 Å². The second-order valence-electron chi connectivity index (χ2n) is 7.47. The second kappa shape index (κ2) is 9.16. The van der Waals surface area contributed by atoms with Gasteiger partial charge in [-0.1, -0.05) is 42.5 Å². The molecule has 1 heterocycles. The fraction of sp³-hybridized carbons (Fsp3) is 0.435. The van der Waals surface area contributed by atoms with Crippen molar-refractivity contribution in [1.29, 1.82) is 0 Å². The molecule has 4 nitrogen and oxygen atoms in total. The Kier molecular flexibility index (Phi) is 6.64. The van der Waals surface area contributed by atoms with E-state index < -0.39 is 0 Å². The first kappa shape index (κ1) is 19.6. The van der Waals surface area contributed by atoms with Crippen molar-refractivity contribution in [3.8, 4) is 0 Å². The van der Waals surface area contributed by atoms with E-state index in [-0.39, 0.29) is 5.97 Å². The lowest BCUT2D eigenvalue weighted by Crippen LogP contribution is -2.55. The van der Waals surface area contributed by atoms with E-state index in [4.69, 9.17) is 4.74 Å². The number of piperazine rings is 1. The number of hydrogen-bond donors (Lipinski definition) is 0. The first-order valence-corrected chi connectivity index (χ1v) is 9.85. The third kappa shape index (κ3) is 5.18. The molecule has 0 amide bonds. The Morgan fingerprint density at radius 2 is 1.52 bits per heavy atom. The molecule has 3 rings (SSSR count). The minimum Gasteiger partial charge on any atom is -0.462 e. The predicted octanol–water partition coefficient (Wildman–Crippen LogP) is 3.96. The van der Waals surface area contributed by atoms with Crippen LogP contribution in [-0.4, -0.2) is 47.5 Å². The number of carbonyl (C=O) groups is 1. The maximum atomic E-state index is 11.8. The normalized spacial score (nSPS) is 21.1. The molecule has 0 aromatic heterocycles. The van der Waals surface area contributed by atoms with Crippen LogP contribution in [-0.2, 0) is 17.8 Å². The summed E-state index contributed by atoms with van der Waals surface area (Å²) in [4.78, 5) is 16.9. The molecule has 2 atom stereocenters. The maximum Gasteiger partial charge on any atom is 0.338 e. The third-order valence-electron chi connectivity index (χ3n) is 5.26. The molecule has 0 bridgehead atoms. The maximum absolute atomic E-state index is 11.8. The largest absolute Gasteiger partial charge is 0.462 e.